The third-order valence-corrected chi connectivity index (χ3v) is 3.49. The van der Waals surface area contributed by atoms with Gasteiger partial charge in [0.25, 0.3) is 0 Å². The highest BCUT2D eigenvalue weighted by molar-refractivity contribution is 9.10. The Morgan fingerprint density at radius 3 is 2.53 bits per heavy atom. The minimum absolute atomic E-state index is 0.0231. The van der Waals surface area contributed by atoms with Gasteiger partial charge in [-0.15, -0.1) is 0 Å². The molecule has 0 aromatic heterocycles. The fraction of sp³-hybridized carbons (Fsp3) is 0.417. The van der Waals surface area contributed by atoms with E-state index in [9.17, 15) is 4.79 Å². The van der Waals surface area contributed by atoms with Crippen molar-refractivity contribution in [3.63, 3.8) is 0 Å². The second kappa shape index (κ2) is 7.97. The number of piperidine rings is 1. The number of halogens is 2. The molecule has 0 bridgehead atoms. The van der Waals surface area contributed by atoms with Gasteiger partial charge in [-0.1, -0.05) is 46.3 Å². The molecule has 0 amide bonds. The van der Waals surface area contributed by atoms with Crippen molar-refractivity contribution < 1.29 is 8.99 Å². The zero-order chi connectivity index (χ0) is 12.7. The molecule has 94 valence electrons. The van der Waals surface area contributed by atoms with Crippen LogP contribution in [0.25, 0.3) is 0 Å². The van der Waals surface area contributed by atoms with E-state index in [2.05, 4.69) is 45.1 Å². The number of ketones is 1. The molecule has 0 aliphatic carbocycles. The van der Waals surface area contributed by atoms with Crippen LogP contribution in [-0.4, -0.2) is 32.8 Å². The molecule has 3 nitrogen and oxygen atoms in total. The number of benzene rings is 1. The summed E-state index contributed by atoms with van der Waals surface area (Å²) in [6.07, 6.45) is 0.669. The highest BCUT2D eigenvalue weighted by atomic mass is 79.9. The zero-order valence-electron chi connectivity index (χ0n) is 9.35. The van der Waals surface area contributed by atoms with Gasteiger partial charge in [-0.25, -0.2) is 0 Å². The average molecular weight is 365 g/mol. The van der Waals surface area contributed by atoms with Crippen LogP contribution < -0.4 is 0 Å². The van der Waals surface area contributed by atoms with Crippen LogP contribution in [0.1, 0.15) is 12.0 Å². The Hall–Kier alpha value is -0.230. The molecule has 0 spiro atoms. The Bertz CT molecular complexity index is 346. The Kier molecular flexibility index (Phi) is 6.96. The molecule has 2 rings (SSSR count). The van der Waals surface area contributed by atoms with Crippen LogP contribution >= 0.6 is 32.2 Å². The third-order valence-electron chi connectivity index (χ3n) is 2.69. The summed E-state index contributed by atoms with van der Waals surface area (Å²) < 4.78 is 6.81. The Balaban J connectivity index is 0.000000686. The molecule has 5 heteroatoms. The molecular formula is C12H15Br2NO2. The standard InChI is InChI=1S/C12H14BrNO.BrHO/c13-11-9-14(7-6-12(11)15)8-10-4-2-1-3-5-10;1-2/h1-5,11H,6-9H2;2H. The third kappa shape index (κ3) is 4.87. The molecular weight excluding hydrogens is 350 g/mol. The van der Waals surface area contributed by atoms with E-state index in [0.29, 0.717) is 12.2 Å². The quantitative estimate of drug-likeness (QED) is 0.819. The molecule has 1 atom stereocenters. The normalized spacial score (nSPS) is 20.6. The first-order valence-electron chi connectivity index (χ1n) is 5.35. The minimum atomic E-state index is 0.0231. The number of Topliss-reactive ketones (excluding diaryl/α,β-unsaturated/α-hetero) is 1. The number of nitrogens with zero attached hydrogens (tertiary/aromatic N) is 1. The van der Waals surface area contributed by atoms with E-state index < -0.39 is 0 Å². The lowest BCUT2D eigenvalue weighted by Gasteiger charge is -2.28. The van der Waals surface area contributed by atoms with Crippen molar-refractivity contribution in [2.75, 3.05) is 13.1 Å². The molecule has 0 saturated carbocycles. The van der Waals surface area contributed by atoms with E-state index in [-0.39, 0.29) is 4.83 Å². The van der Waals surface area contributed by atoms with Crippen LogP contribution in [0.4, 0.5) is 0 Å². The number of alkyl halides is 1. The van der Waals surface area contributed by atoms with Gasteiger partial charge in [0.1, 0.15) is 5.78 Å². The van der Waals surface area contributed by atoms with Crippen molar-refractivity contribution in [2.45, 2.75) is 17.8 Å². The van der Waals surface area contributed by atoms with Gasteiger partial charge in [-0.3, -0.25) is 9.69 Å². The molecule has 1 aromatic carbocycles. The molecule has 1 N–H and O–H groups in total. The van der Waals surface area contributed by atoms with E-state index >= 15 is 0 Å². The second-order valence-electron chi connectivity index (χ2n) is 3.90. The van der Waals surface area contributed by atoms with E-state index in [0.717, 1.165) is 19.6 Å². The lowest BCUT2D eigenvalue weighted by molar-refractivity contribution is -0.120. The molecule has 1 fully saturated rings. The van der Waals surface area contributed by atoms with Crippen LogP contribution in [0.15, 0.2) is 30.3 Å². The number of hydrogen-bond acceptors (Lipinski definition) is 3. The Morgan fingerprint density at radius 2 is 1.94 bits per heavy atom. The van der Waals surface area contributed by atoms with Gasteiger partial charge < -0.3 is 4.20 Å². The van der Waals surface area contributed by atoms with Crippen molar-refractivity contribution in [1.82, 2.24) is 4.90 Å². The summed E-state index contributed by atoms with van der Waals surface area (Å²) in [5, 5.41) is 0. The van der Waals surface area contributed by atoms with Crippen LogP contribution in [0.5, 0.6) is 0 Å². The van der Waals surface area contributed by atoms with E-state index in [4.69, 9.17) is 4.20 Å². The van der Waals surface area contributed by atoms with Gasteiger partial charge in [0.2, 0.25) is 0 Å². The lowest BCUT2D eigenvalue weighted by Crippen LogP contribution is -2.40. The summed E-state index contributed by atoms with van der Waals surface area (Å²) in [5.41, 5.74) is 1.31. The Labute approximate surface area is 118 Å². The van der Waals surface area contributed by atoms with Gasteiger partial charge in [-0.2, -0.15) is 0 Å². The maximum atomic E-state index is 11.3. The first-order valence-corrected chi connectivity index (χ1v) is 6.98. The summed E-state index contributed by atoms with van der Waals surface area (Å²) in [7, 11) is 0. The largest absolute Gasteiger partial charge is 0.324 e. The lowest BCUT2D eigenvalue weighted by atomic mass is 10.1. The smallest absolute Gasteiger partial charge is 0.149 e. The molecule has 1 aromatic rings. The predicted octanol–water partition coefficient (Wildman–Crippen LogP) is 2.51. The molecule has 1 unspecified atom stereocenters. The van der Waals surface area contributed by atoms with Crippen LogP contribution in [0.3, 0.4) is 0 Å². The summed E-state index contributed by atoms with van der Waals surface area (Å²) in [6.45, 7) is 2.65. The van der Waals surface area contributed by atoms with Crippen molar-refractivity contribution >= 4 is 38.0 Å². The average Bonchev–Trinajstić information content (AvgIpc) is 2.38. The SMILES string of the molecule is O=C1CCN(Cc2ccccc2)CC1Br.OBr. The van der Waals surface area contributed by atoms with E-state index in [1.807, 2.05) is 22.3 Å². The topological polar surface area (TPSA) is 40.5 Å². The van der Waals surface area contributed by atoms with E-state index in [1.54, 1.807) is 0 Å². The van der Waals surface area contributed by atoms with Gasteiger partial charge in [0, 0.05) is 26.1 Å². The number of rotatable bonds is 2. The van der Waals surface area contributed by atoms with Crippen LogP contribution in [0, 0.1) is 0 Å². The van der Waals surface area contributed by atoms with E-state index in [1.165, 1.54) is 5.56 Å². The number of carbonyl (C=O) groups is 1. The maximum absolute atomic E-state index is 11.3. The summed E-state index contributed by atoms with van der Waals surface area (Å²) in [4.78, 5) is 13.7. The van der Waals surface area contributed by atoms with Gasteiger partial charge in [0.15, 0.2) is 0 Å². The minimum Gasteiger partial charge on any atom is -0.324 e. The van der Waals surface area contributed by atoms with Gasteiger partial charge in [-0.05, 0) is 5.56 Å². The highest BCUT2D eigenvalue weighted by Crippen LogP contribution is 2.16. The molecule has 1 aliphatic rings. The second-order valence-corrected chi connectivity index (χ2v) is 5.01. The van der Waals surface area contributed by atoms with Crippen LogP contribution in [0.2, 0.25) is 0 Å². The summed E-state index contributed by atoms with van der Waals surface area (Å²) in [5.74, 6) is 0.333. The predicted molar refractivity (Wildman–Crippen MR) is 75.2 cm³/mol. The van der Waals surface area contributed by atoms with Crippen molar-refractivity contribution in [3.8, 4) is 0 Å². The fourth-order valence-corrected chi connectivity index (χ4v) is 2.47. The molecule has 1 heterocycles. The summed E-state index contributed by atoms with van der Waals surface area (Å²) in [6, 6.07) is 10.4. The molecule has 1 aliphatic heterocycles. The molecule has 17 heavy (non-hydrogen) atoms. The first-order chi connectivity index (χ1) is 8.25. The molecule has 1 saturated heterocycles. The number of hydrogen-bond donors (Lipinski definition) is 1. The highest BCUT2D eigenvalue weighted by Gasteiger charge is 2.24. The maximum Gasteiger partial charge on any atom is 0.149 e. The molecule has 0 radical (unpaired) electrons. The van der Waals surface area contributed by atoms with Crippen molar-refractivity contribution in [1.29, 1.82) is 0 Å². The van der Waals surface area contributed by atoms with Crippen molar-refractivity contribution in [3.05, 3.63) is 35.9 Å². The Morgan fingerprint density at radius 1 is 1.29 bits per heavy atom. The van der Waals surface area contributed by atoms with Gasteiger partial charge >= 0.3 is 0 Å². The van der Waals surface area contributed by atoms with Gasteiger partial charge in [0.05, 0.1) is 21.1 Å². The number of likely N-dealkylation sites (tertiary alicyclic amines) is 1. The number of carbonyl (C=O) groups excluding carboxylic acids is 1. The summed E-state index contributed by atoms with van der Waals surface area (Å²) >= 11 is 5.35. The first kappa shape index (κ1) is 14.8. The monoisotopic (exact) mass is 363 g/mol. The fourth-order valence-electron chi connectivity index (χ4n) is 1.83. The zero-order valence-corrected chi connectivity index (χ0v) is 12.5. The van der Waals surface area contributed by atoms with Crippen LogP contribution in [-0.2, 0) is 11.3 Å². The van der Waals surface area contributed by atoms with Crippen molar-refractivity contribution in [2.24, 2.45) is 0 Å².